The van der Waals surface area contributed by atoms with Crippen LogP contribution in [-0.4, -0.2) is 42.4 Å². The number of likely N-dealkylation sites (N-methyl/N-ethyl adjacent to an activating group) is 1. The Kier molecular flexibility index (Phi) is 5.18. The van der Waals surface area contributed by atoms with Gasteiger partial charge >= 0.3 is 0 Å². The average molecular weight is 376 g/mol. The third-order valence-corrected chi connectivity index (χ3v) is 5.47. The van der Waals surface area contributed by atoms with Crippen LogP contribution in [0.1, 0.15) is 11.4 Å². The van der Waals surface area contributed by atoms with Gasteiger partial charge in [-0.15, -0.1) is 0 Å². The number of sulfonamides is 1. The highest BCUT2D eigenvalue weighted by Gasteiger charge is 2.28. The summed E-state index contributed by atoms with van der Waals surface area (Å²) < 4.78 is 65.3. The van der Waals surface area contributed by atoms with E-state index in [0.29, 0.717) is 11.8 Å². The van der Waals surface area contributed by atoms with Gasteiger partial charge < -0.3 is 5.32 Å². The molecule has 25 heavy (non-hydrogen) atoms. The van der Waals surface area contributed by atoms with Crippen molar-refractivity contribution in [1.82, 2.24) is 14.5 Å². The minimum Gasteiger partial charge on any atom is -0.322 e. The summed E-state index contributed by atoms with van der Waals surface area (Å²) in [5.74, 6) is -5.63. The van der Waals surface area contributed by atoms with E-state index in [1.54, 1.807) is 0 Å². The van der Waals surface area contributed by atoms with Crippen LogP contribution in [0, 0.1) is 31.3 Å². The maximum atomic E-state index is 13.5. The monoisotopic (exact) mass is 376 g/mol. The lowest BCUT2D eigenvalue weighted by Crippen LogP contribution is -2.35. The van der Waals surface area contributed by atoms with Gasteiger partial charge in [0, 0.05) is 7.05 Å². The van der Waals surface area contributed by atoms with Crippen molar-refractivity contribution >= 4 is 21.6 Å². The van der Waals surface area contributed by atoms with Crippen molar-refractivity contribution in [2.24, 2.45) is 0 Å². The minimum atomic E-state index is -4.02. The van der Waals surface area contributed by atoms with Gasteiger partial charge in [-0.05, 0) is 26.0 Å². The number of carbonyl (C=O) groups is 1. The summed E-state index contributed by atoms with van der Waals surface area (Å²) in [6.07, 6.45) is 0. The molecule has 7 nitrogen and oxygen atoms in total. The first kappa shape index (κ1) is 18.9. The number of hydrogen-bond donors (Lipinski definition) is 2. The third-order valence-electron chi connectivity index (χ3n) is 3.40. The standard InChI is InChI=1S/C14H15F3N4O3S/c1-7-14(8(2)20-19-7)25(23,24)21(3)6-11(22)18-10-5-4-9(15)12(16)13(10)17/h4-5H,6H2,1-3H3,(H,18,22)(H,19,20). The van der Waals surface area contributed by atoms with Crippen molar-refractivity contribution in [2.75, 3.05) is 18.9 Å². The second kappa shape index (κ2) is 6.84. The van der Waals surface area contributed by atoms with Crippen molar-refractivity contribution in [3.8, 4) is 0 Å². The zero-order chi connectivity index (χ0) is 18.9. The Morgan fingerprint density at radius 1 is 1.24 bits per heavy atom. The first-order valence-corrected chi connectivity index (χ1v) is 8.41. The number of halogens is 3. The second-order valence-corrected chi connectivity index (χ2v) is 7.28. The highest BCUT2D eigenvalue weighted by atomic mass is 32.2. The van der Waals surface area contributed by atoms with E-state index < -0.39 is 45.6 Å². The molecule has 1 amide bonds. The largest absolute Gasteiger partial charge is 0.322 e. The fraction of sp³-hybridized carbons (Fsp3) is 0.286. The fourth-order valence-corrected chi connectivity index (χ4v) is 3.63. The normalized spacial score (nSPS) is 11.8. The second-order valence-electron chi connectivity index (χ2n) is 5.30. The summed E-state index contributed by atoms with van der Waals surface area (Å²) in [6.45, 7) is 2.34. The molecular weight excluding hydrogens is 361 g/mol. The van der Waals surface area contributed by atoms with Gasteiger partial charge in [0.05, 0.1) is 23.6 Å². The predicted octanol–water partition coefficient (Wildman–Crippen LogP) is 1.70. The van der Waals surface area contributed by atoms with Crippen molar-refractivity contribution in [1.29, 1.82) is 0 Å². The van der Waals surface area contributed by atoms with Crippen LogP contribution < -0.4 is 5.32 Å². The maximum Gasteiger partial charge on any atom is 0.246 e. The summed E-state index contributed by atoms with van der Waals surface area (Å²) >= 11 is 0. The molecule has 0 radical (unpaired) electrons. The van der Waals surface area contributed by atoms with Gasteiger partial charge in [0.2, 0.25) is 15.9 Å². The van der Waals surface area contributed by atoms with Gasteiger partial charge in [-0.1, -0.05) is 0 Å². The highest BCUT2D eigenvalue weighted by Crippen LogP contribution is 2.22. The van der Waals surface area contributed by atoms with Gasteiger partial charge in [-0.2, -0.15) is 9.40 Å². The molecule has 2 N–H and O–H groups in total. The molecule has 11 heteroatoms. The fourth-order valence-electron chi connectivity index (χ4n) is 2.18. The van der Waals surface area contributed by atoms with Crippen molar-refractivity contribution in [2.45, 2.75) is 18.7 Å². The topological polar surface area (TPSA) is 95.2 Å². The number of aromatic nitrogens is 2. The number of rotatable bonds is 5. The number of benzene rings is 1. The molecule has 1 heterocycles. The van der Waals surface area contributed by atoms with Gasteiger partial charge in [0.1, 0.15) is 4.90 Å². The van der Waals surface area contributed by atoms with E-state index in [4.69, 9.17) is 0 Å². The molecule has 0 unspecified atom stereocenters. The summed E-state index contributed by atoms with van der Waals surface area (Å²) in [7, 11) is -2.86. The first-order chi connectivity index (χ1) is 11.6. The van der Waals surface area contributed by atoms with Gasteiger partial charge in [-0.3, -0.25) is 9.89 Å². The lowest BCUT2D eigenvalue weighted by Gasteiger charge is -2.17. The van der Waals surface area contributed by atoms with E-state index in [0.717, 1.165) is 17.4 Å². The molecule has 2 rings (SSSR count). The molecule has 0 fully saturated rings. The minimum absolute atomic E-state index is 0.0678. The Labute approximate surface area is 141 Å². The zero-order valence-corrected chi connectivity index (χ0v) is 14.3. The number of carbonyl (C=O) groups excluding carboxylic acids is 1. The number of H-pyrrole nitrogens is 1. The molecule has 0 atom stereocenters. The van der Waals surface area contributed by atoms with Crippen LogP contribution >= 0.6 is 0 Å². The molecule has 2 aromatic rings. The first-order valence-electron chi connectivity index (χ1n) is 6.97. The number of aromatic amines is 1. The molecule has 1 aromatic heterocycles. The van der Waals surface area contributed by atoms with Gasteiger partial charge in [0.15, 0.2) is 17.5 Å². The van der Waals surface area contributed by atoms with Crippen molar-refractivity contribution in [3.05, 3.63) is 41.0 Å². The van der Waals surface area contributed by atoms with Crippen molar-refractivity contribution < 1.29 is 26.4 Å². The summed E-state index contributed by atoms with van der Waals surface area (Å²) in [4.78, 5) is 11.9. The number of nitrogens with one attached hydrogen (secondary N) is 2. The maximum absolute atomic E-state index is 13.5. The lowest BCUT2D eigenvalue weighted by molar-refractivity contribution is -0.116. The molecule has 0 aliphatic rings. The van der Waals surface area contributed by atoms with Crippen LogP contribution in [0.5, 0.6) is 0 Å². The summed E-state index contributed by atoms with van der Waals surface area (Å²) in [6, 6.07) is 1.48. The van der Waals surface area contributed by atoms with Gasteiger partial charge in [-0.25, -0.2) is 21.6 Å². The quantitative estimate of drug-likeness (QED) is 0.777. The van der Waals surface area contributed by atoms with E-state index in [1.807, 2.05) is 5.32 Å². The third kappa shape index (κ3) is 3.66. The number of anilines is 1. The Hall–Kier alpha value is -2.40. The summed E-state index contributed by atoms with van der Waals surface area (Å²) in [5.41, 5.74) is -0.0572. The summed E-state index contributed by atoms with van der Waals surface area (Å²) in [5, 5.41) is 8.32. The van der Waals surface area contributed by atoms with Crippen LogP contribution in [0.4, 0.5) is 18.9 Å². The van der Waals surface area contributed by atoms with Crippen LogP contribution in [0.2, 0.25) is 0 Å². The smallest absolute Gasteiger partial charge is 0.246 e. The molecule has 136 valence electrons. The van der Waals surface area contributed by atoms with Crippen LogP contribution in [0.3, 0.4) is 0 Å². The predicted molar refractivity (Wildman–Crippen MR) is 82.8 cm³/mol. The molecule has 0 spiro atoms. The van der Waals surface area contributed by atoms with E-state index in [2.05, 4.69) is 10.2 Å². The molecule has 0 aliphatic heterocycles. The van der Waals surface area contributed by atoms with Crippen LogP contribution in [-0.2, 0) is 14.8 Å². The van der Waals surface area contributed by atoms with Crippen molar-refractivity contribution in [3.63, 3.8) is 0 Å². The Balaban J connectivity index is 2.17. The number of aryl methyl sites for hydroxylation is 2. The Bertz CT molecular complexity index is 908. The Morgan fingerprint density at radius 2 is 1.88 bits per heavy atom. The van der Waals surface area contributed by atoms with E-state index in [-0.39, 0.29) is 10.6 Å². The number of nitrogens with zero attached hydrogens (tertiary/aromatic N) is 2. The van der Waals surface area contributed by atoms with Crippen LogP contribution in [0.15, 0.2) is 17.0 Å². The number of hydrogen-bond acceptors (Lipinski definition) is 4. The molecular formula is C14H15F3N4O3S. The molecule has 0 saturated heterocycles. The molecule has 0 bridgehead atoms. The molecule has 0 aliphatic carbocycles. The van der Waals surface area contributed by atoms with E-state index in [1.165, 1.54) is 13.8 Å². The van der Waals surface area contributed by atoms with E-state index >= 15 is 0 Å². The SMILES string of the molecule is Cc1n[nH]c(C)c1S(=O)(=O)N(C)CC(=O)Nc1ccc(F)c(F)c1F. The molecule has 0 saturated carbocycles. The van der Waals surface area contributed by atoms with Crippen LogP contribution in [0.25, 0.3) is 0 Å². The lowest BCUT2D eigenvalue weighted by atomic mass is 10.3. The zero-order valence-electron chi connectivity index (χ0n) is 13.5. The highest BCUT2D eigenvalue weighted by molar-refractivity contribution is 7.89. The Morgan fingerprint density at radius 3 is 2.44 bits per heavy atom. The number of amides is 1. The average Bonchev–Trinajstić information content (AvgIpc) is 2.87. The molecule has 1 aromatic carbocycles. The van der Waals surface area contributed by atoms with Gasteiger partial charge in [0.25, 0.3) is 0 Å². The van der Waals surface area contributed by atoms with E-state index in [9.17, 15) is 26.4 Å².